The summed E-state index contributed by atoms with van der Waals surface area (Å²) in [5.41, 5.74) is 1.32. The molecule has 0 spiro atoms. The standard InChI is InChI=1S/C13H14O/c1-14-13-9-5-8-12(10-13)11-6-3-2-4-7-11/h2-8,10,12H,9H2,1H3/t12-/m0/s1. The minimum absolute atomic E-state index is 0.375. The highest BCUT2D eigenvalue weighted by molar-refractivity contribution is 5.32. The molecule has 1 atom stereocenters. The molecular weight excluding hydrogens is 172 g/mol. The first kappa shape index (κ1) is 9.07. The number of allylic oxidation sites excluding steroid dienone is 3. The van der Waals surface area contributed by atoms with Crippen LogP contribution in [0.2, 0.25) is 0 Å². The molecule has 1 aromatic rings. The Hall–Kier alpha value is -1.50. The molecule has 0 saturated heterocycles. The van der Waals surface area contributed by atoms with E-state index in [0.29, 0.717) is 5.92 Å². The van der Waals surface area contributed by atoms with Crippen molar-refractivity contribution in [1.82, 2.24) is 0 Å². The van der Waals surface area contributed by atoms with E-state index in [-0.39, 0.29) is 0 Å². The molecule has 0 heterocycles. The van der Waals surface area contributed by atoms with E-state index in [2.05, 4.69) is 42.5 Å². The third kappa shape index (κ3) is 1.87. The van der Waals surface area contributed by atoms with Gasteiger partial charge in [0.1, 0.15) is 0 Å². The summed E-state index contributed by atoms with van der Waals surface area (Å²) in [5.74, 6) is 1.43. The molecule has 1 aromatic carbocycles. The van der Waals surface area contributed by atoms with E-state index in [1.54, 1.807) is 7.11 Å². The number of rotatable bonds is 2. The summed E-state index contributed by atoms with van der Waals surface area (Å²) in [4.78, 5) is 0. The zero-order valence-corrected chi connectivity index (χ0v) is 8.31. The van der Waals surface area contributed by atoms with Crippen LogP contribution in [0.1, 0.15) is 17.9 Å². The molecule has 1 aliphatic carbocycles. The summed E-state index contributed by atoms with van der Waals surface area (Å²) in [6.45, 7) is 0. The summed E-state index contributed by atoms with van der Waals surface area (Å²) < 4.78 is 5.25. The number of benzene rings is 1. The van der Waals surface area contributed by atoms with Crippen molar-refractivity contribution in [2.24, 2.45) is 0 Å². The minimum Gasteiger partial charge on any atom is -0.501 e. The predicted octanol–water partition coefficient (Wildman–Crippen LogP) is 3.26. The van der Waals surface area contributed by atoms with E-state index in [9.17, 15) is 0 Å². The Kier molecular flexibility index (Phi) is 2.68. The molecule has 2 rings (SSSR count). The van der Waals surface area contributed by atoms with Crippen LogP contribution < -0.4 is 0 Å². The van der Waals surface area contributed by atoms with E-state index >= 15 is 0 Å². The van der Waals surface area contributed by atoms with Crippen molar-refractivity contribution in [1.29, 1.82) is 0 Å². The van der Waals surface area contributed by atoms with Crippen LogP contribution in [0, 0.1) is 0 Å². The lowest BCUT2D eigenvalue weighted by molar-refractivity contribution is 0.281. The maximum absolute atomic E-state index is 5.25. The van der Waals surface area contributed by atoms with Gasteiger partial charge in [0.05, 0.1) is 12.9 Å². The smallest absolute Gasteiger partial charge is 0.0962 e. The summed E-state index contributed by atoms with van der Waals surface area (Å²) in [7, 11) is 1.73. The number of hydrogen-bond acceptors (Lipinski definition) is 1. The fourth-order valence-corrected chi connectivity index (χ4v) is 1.69. The molecule has 0 aromatic heterocycles. The van der Waals surface area contributed by atoms with Gasteiger partial charge in [0.25, 0.3) is 0 Å². The molecule has 1 heteroatoms. The van der Waals surface area contributed by atoms with Gasteiger partial charge < -0.3 is 4.74 Å². The zero-order valence-electron chi connectivity index (χ0n) is 8.31. The van der Waals surface area contributed by atoms with Crippen molar-refractivity contribution in [3.05, 3.63) is 59.9 Å². The SMILES string of the molecule is COC1=C[C@@H](c2ccccc2)C=CC1. The molecule has 1 aliphatic rings. The maximum atomic E-state index is 5.25. The van der Waals surface area contributed by atoms with Crippen LogP contribution in [0.4, 0.5) is 0 Å². The van der Waals surface area contributed by atoms with E-state index < -0.39 is 0 Å². The Morgan fingerprint density at radius 1 is 1.21 bits per heavy atom. The van der Waals surface area contributed by atoms with Crippen molar-refractivity contribution in [3.8, 4) is 0 Å². The van der Waals surface area contributed by atoms with Gasteiger partial charge in [-0.3, -0.25) is 0 Å². The van der Waals surface area contributed by atoms with Gasteiger partial charge in [0.2, 0.25) is 0 Å². The second kappa shape index (κ2) is 4.14. The third-order valence-corrected chi connectivity index (χ3v) is 2.47. The van der Waals surface area contributed by atoms with Crippen molar-refractivity contribution >= 4 is 0 Å². The highest BCUT2D eigenvalue weighted by Crippen LogP contribution is 2.25. The first-order valence-corrected chi connectivity index (χ1v) is 4.86. The van der Waals surface area contributed by atoms with Gasteiger partial charge in [-0.05, 0) is 11.6 Å². The lowest BCUT2D eigenvalue weighted by Gasteiger charge is -2.15. The molecule has 72 valence electrons. The van der Waals surface area contributed by atoms with Crippen molar-refractivity contribution in [2.45, 2.75) is 12.3 Å². The Balaban J connectivity index is 2.23. The lowest BCUT2D eigenvalue weighted by atomic mass is 9.94. The Morgan fingerprint density at radius 3 is 2.71 bits per heavy atom. The number of methoxy groups -OCH3 is 1. The Bertz CT molecular complexity index is 349. The topological polar surface area (TPSA) is 9.23 Å². The fraction of sp³-hybridized carbons (Fsp3) is 0.231. The lowest BCUT2D eigenvalue weighted by Crippen LogP contribution is -1.98. The quantitative estimate of drug-likeness (QED) is 0.644. The molecule has 1 nitrogen and oxygen atoms in total. The van der Waals surface area contributed by atoms with Crippen LogP contribution in [-0.2, 0) is 4.74 Å². The summed E-state index contributed by atoms with van der Waals surface area (Å²) in [6, 6.07) is 10.5. The monoisotopic (exact) mass is 186 g/mol. The van der Waals surface area contributed by atoms with Crippen LogP contribution >= 0.6 is 0 Å². The number of hydrogen-bond donors (Lipinski definition) is 0. The molecule has 0 N–H and O–H groups in total. The number of ether oxygens (including phenoxy) is 1. The zero-order chi connectivity index (χ0) is 9.80. The average Bonchev–Trinajstić information content (AvgIpc) is 2.30. The van der Waals surface area contributed by atoms with Crippen molar-refractivity contribution in [2.75, 3.05) is 7.11 Å². The molecule has 0 radical (unpaired) electrons. The van der Waals surface area contributed by atoms with Gasteiger partial charge in [-0.2, -0.15) is 0 Å². The molecule has 0 saturated carbocycles. The van der Waals surface area contributed by atoms with Crippen LogP contribution in [0.3, 0.4) is 0 Å². The van der Waals surface area contributed by atoms with Crippen molar-refractivity contribution < 1.29 is 4.74 Å². The van der Waals surface area contributed by atoms with Gasteiger partial charge in [-0.15, -0.1) is 0 Å². The third-order valence-electron chi connectivity index (χ3n) is 2.47. The maximum Gasteiger partial charge on any atom is 0.0962 e. The summed E-state index contributed by atoms with van der Waals surface area (Å²) in [5, 5.41) is 0. The first-order valence-electron chi connectivity index (χ1n) is 4.86. The summed E-state index contributed by atoms with van der Waals surface area (Å²) in [6.07, 6.45) is 7.48. The van der Waals surface area contributed by atoms with Gasteiger partial charge in [-0.1, -0.05) is 42.5 Å². The molecule has 0 fully saturated rings. The minimum atomic E-state index is 0.375. The second-order valence-electron chi connectivity index (χ2n) is 3.41. The van der Waals surface area contributed by atoms with Crippen LogP contribution in [0.15, 0.2) is 54.3 Å². The highest BCUT2D eigenvalue weighted by atomic mass is 16.5. The molecule has 14 heavy (non-hydrogen) atoms. The first-order chi connectivity index (χ1) is 6.90. The van der Waals surface area contributed by atoms with Gasteiger partial charge in [0, 0.05) is 12.3 Å². The molecule has 0 aliphatic heterocycles. The summed E-state index contributed by atoms with van der Waals surface area (Å²) >= 11 is 0. The normalized spacial score (nSPS) is 20.4. The average molecular weight is 186 g/mol. The van der Waals surface area contributed by atoms with Crippen LogP contribution in [0.25, 0.3) is 0 Å². The highest BCUT2D eigenvalue weighted by Gasteiger charge is 2.09. The fourth-order valence-electron chi connectivity index (χ4n) is 1.69. The van der Waals surface area contributed by atoms with E-state index in [1.807, 2.05) is 6.07 Å². The van der Waals surface area contributed by atoms with Crippen molar-refractivity contribution in [3.63, 3.8) is 0 Å². The van der Waals surface area contributed by atoms with E-state index in [1.165, 1.54) is 5.56 Å². The van der Waals surface area contributed by atoms with Gasteiger partial charge in [0.15, 0.2) is 0 Å². The Morgan fingerprint density at radius 2 is 2.00 bits per heavy atom. The molecular formula is C13H14O. The molecule has 0 amide bonds. The second-order valence-corrected chi connectivity index (χ2v) is 3.41. The van der Waals surface area contributed by atoms with E-state index in [4.69, 9.17) is 4.74 Å². The largest absolute Gasteiger partial charge is 0.501 e. The van der Waals surface area contributed by atoms with E-state index in [0.717, 1.165) is 12.2 Å². The van der Waals surface area contributed by atoms with Gasteiger partial charge in [-0.25, -0.2) is 0 Å². The van der Waals surface area contributed by atoms with Gasteiger partial charge >= 0.3 is 0 Å². The van der Waals surface area contributed by atoms with Crippen LogP contribution in [-0.4, -0.2) is 7.11 Å². The predicted molar refractivity (Wildman–Crippen MR) is 58.0 cm³/mol. The molecule has 0 bridgehead atoms. The molecule has 0 unspecified atom stereocenters. The van der Waals surface area contributed by atoms with Crippen LogP contribution in [0.5, 0.6) is 0 Å². The Labute approximate surface area is 84.7 Å².